The summed E-state index contributed by atoms with van der Waals surface area (Å²) in [5.74, 6) is 0.153. The number of aliphatic carboxylic acids is 1. The standard InChI is InChI=1S/C16H21NO3/c18-16(19)14-3-1-7-17(11-14)10-12-5-6-15-13(9-12)4-2-8-20-15/h5-6,9,14H,1-4,7-8,10-11H2,(H,18,19). The lowest BCUT2D eigenvalue weighted by molar-refractivity contribution is -0.143. The number of aryl methyl sites for hydroxylation is 1. The highest BCUT2D eigenvalue weighted by atomic mass is 16.5. The molecule has 3 rings (SSSR count). The van der Waals surface area contributed by atoms with E-state index in [-0.39, 0.29) is 5.92 Å². The van der Waals surface area contributed by atoms with Crippen LogP contribution in [0.15, 0.2) is 18.2 Å². The minimum absolute atomic E-state index is 0.204. The van der Waals surface area contributed by atoms with Gasteiger partial charge in [-0.25, -0.2) is 0 Å². The van der Waals surface area contributed by atoms with Gasteiger partial charge >= 0.3 is 5.97 Å². The minimum atomic E-state index is -0.659. The fourth-order valence-corrected chi connectivity index (χ4v) is 3.17. The first-order valence-corrected chi connectivity index (χ1v) is 7.42. The van der Waals surface area contributed by atoms with Crippen molar-refractivity contribution in [3.8, 4) is 5.75 Å². The van der Waals surface area contributed by atoms with E-state index >= 15 is 0 Å². The summed E-state index contributed by atoms with van der Waals surface area (Å²) >= 11 is 0. The van der Waals surface area contributed by atoms with Gasteiger partial charge in [0, 0.05) is 13.1 Å². The topological polar surface area (TPSA) is 49.8 Å². The molecule has 0 radical (unpaired) electrons. The zero-order valence-corrected chi connectivity index (χ0v) is 11.7. The Morgan fingerprint density at radius 3 is 3.15 bits per heavy atom. The Bertz CT molecular complexity index is 500. The summed E-state index contributed by atoms with van der Waals surface area (Å²) in [6.45, 7) is 3.33. The molecule has 0 aromatic heterocycles. The van der Waals surface area contributed by atoms with Crippen LogP contribution < -0.4 is 4.74 Å². The van der Waals surface area contributed by atoms with Crippen LogP contribution in [0, 0.1) is 5.92 Å². The zero-order chi connectivity index (χ0) is 13.9. The second kappa shape index (κ2) is 5.83. The van der Waals surface area contributed by atoms with Crippen molar-refractivity contribution in [1.82, 2.24) is 4.90 Å². The number of hydrogen-bond acceptors (Lipinski definition) is 3. The summed E-state index contributed by atoms with van der Waals surface area (Å²) in [6.07, 6.45) is 3.96. The lowest BCUT2D eigenvalue weighted by atomic mass is 9.97. The van der Waals surface area contributed by atoms with Crippen molar-refractivity contribution >= 4 is 5.97 Å². The van der Waals surface area contributed by atoms with Gasteiger partial charge in [0.2, 0.25) is 0 Å². The van der Waals surface area contributed by atoms with Gasteiger partial charge in [-0.15, -0.1) is 0 Å². The highest BCUT2D eigenvalue weighted by Crippen LogP contribution is 2.27. The van der Waals surface area contributed by atoms with Gasteiger partial charge in [0.25, 0.3) is 0 Å². The quantitative estimate of drug-likeness (QED) is 0.919. The van der Waals surface area contributed by atoms with E-state index in [9.17, 15) is 4.79 Å². The molecule has 2 aliphatic heterocycles. The molecular weight excluding hydrogens is 254 g/mol. The first-order chi connectivity index (χ1) is 9.72. The Labute approximate surface area is 119 Å². The molecule has 2 heterocycles. The highest BCUT2D eigenvalue weighted by Gasteiger charge is 2.25. The summed E-state index contributed by atoms with van der Waals surface area (Å²) in [5.41, 5.74) is 2.56. The van der Waals surface area contributed by atoms with Crippen molar-refractivity contribution in [3.63, 3.8) is 0 Å². The number of carbonyl (C=O) groups is 1. The fraction of sp³-hybridized carbons (Fsp3) is 0.562. The van der Waals surface area contributed by atoms with Crippen LogP contribution in [-0.2, 0) is 17.8 Å². The van der Waals surface area contributed by atoms with Crippen molar-refractivity contribution in [3.05, 3.63) is 29.3 Å². The van der Waals surface area contributed by atoms with Gasteiger partial charge in [0.1, 0.15) is 5.75 Å². The average molecular weight is 275 g/mol. The van der Waals surface area contributed by atoms with Gasteiger partial charge in [-0.3, -0.25) is 9.69 Å². The largest absolute Gasteiger partial charge is 0.493 e. The summed E-state index contributed by atoms with van der Waals surface area (Å²) in [5, 5.41) is 9.14. The van der Waals surface area contributed by atoms with Crippen molar-refractivity contribution in [2.75, 3.05) is 19.7 Å². The fourth-order valence-electron chi connectivity index (χ4n) is 3.17. The van der Waals surface area contributed by atoms with Gasteiger partial charge in [-0.1, -0.05) is 12.1 Å². The van der Waals surface area contributed by atoms with E-state index in [2.05, 4.69) is 23.1 Å². The molecule has 1 unspecified atom stereocenters. The summed E-state index contributed by atoms with van der Waals surface area (Å²) in [4.78, 5) is 13.4. The molecule has 0 bridgehead atoms. The minimum Gasteiger partial charge on any atom is -0.493 e. The van der Waals surface area contributed by atoms with E-state index in [1.54, 1.807) is 0 Å². The Morgan fingerprint density at radius 1 is 1.40 bits per heavy atom. The lowest BCUT2D eigenvalue weighted by Gasteiger charge is -2.31. The monoisotopic (exact) mass is 275 g/mol. The molecule has 1 atom stereocenters. The molecule has 1 aromatic rings. The van der Waals surface area contributed by atoms with Crippen molar-refractivity contribution < 1.29 is 14.6 Å². The van der Waals surface area contributed by atoms with E-state index in [1.807, 2.05) is 0 Å². The van der Waals surface area contributed by atoms with Crippen LogP contribution in [-0.4, -0.2) is 35.7 Å². The maximum absolute atomic E-state index is 11.1. The number of carboxylic acids is 1. The van der Waals surface area contributed by atoms with Gasteiger partial charge in [0.05, 0.1) is 12.5 Å². The molecule has 1 N–H and O–H groups in total. The number of likely N-dealkylation sites (tertiary alicyclic amines) is 1. The number of carboxylic acid groups (broad SMARTS) is 1. The Kier molecular flexibility index (Phi) is 3.92. The molecule has 0 amide bonds. The maximum atomic E-state index is 11.1. The molecular formula is C16H21NO3. The van der Waals surface area contributed by atoms with E-state index in [0.29, 0.717) is 6.54 Å². The molecule has 0 saturated carbocycles. The van der Waals surface area contributed by atoms with Crippen LogP contribution in [0.5, 0.6) is 5.75 Å². The van der Waals surface area contributed by atoms with E-state index in [0.717, 1.165) is 51.1 Å². The molecule has 1 aromatic carbocycles. The lowest BCUT2D eigenvalue weighted by Crippen LogP contribution is -2.38. The number of benzene rings is 1. The third kappa shape index (κ3) is 2.96. The third-order valence-electron chi connectivity index (χ3n) is 4.23. The van der Waals surface area contributed by atoms with Crippen LogP contribution in [0.4, 0.5) is 0 Å². The third-order valence-corrected chi connectivity index (χ3v) is 4.23. The summed E-state index contributed by atoms with van der Waals surface area (Å²) in [7, 11) is 0. The average Bonchev–Trinajstić information content (AvgIpc) is 2.47. The molecule has 1 fully saturated rings. The Morgan fingerprint density at radius 2 is 2.30 bits per heavy atom. The first-order valence-electron chi connectivity index (χ1n) is 7.42. The summed E-state index contributed by atoms with van der Waals surface area (Å²) < 4.78 is 5.63. The van der Waals surface area contributed by atoms with Gasteiger partial charge < -0.3 is 9.84 Å². The zero-order valence-electron chi connectivity index (χ0n) is 11.7. The molecule has 2 aliphatic rings. The molecule has 108 valence electrons. The van der Waals surface area contributed by atoms with Gasteiger partial charge in [-0.2, -0.15) is 0 Å². The van der Waals surface area contributed by atoms with E-state index in [4.69, 9.17) is 9.84 Å². The molecule has 1 saturated heterocycles. The second-order valence-corrected chi connectivity index (χ2v) is 5.81. The summed E-state index contributed by atoms with van der Waals surface area (Å²) in [6, 6.07) is 6.38. The number of hydrogen-bond donors (Lipinski definition) is 1. The predicted octanol–water partition coefficient (Wildman–Crippen LogP) is 2.31. The number of fused-ring (bicyclic) bond motifs is 1. The number of nitrogens with zero attached hydrogens (tertiary/aromatic N) is 1. The van der Waals surface area contributed by atoms with Crippen LogP contribution in [0.25, 0.3) is 0 Å². The van der Waals surface area contributed by atoms with Crippen molar-refractivity contribution in [1.29, 1.82) is 0 Å². The highest BCUT2D eigenvalue weighted by molar-refractivity contribution is 5.70. The van der Waals surface area contributed by atoms with Gasteiger partial charge in [-0.05, 0) is 49.4 Å². The van der Waals surface area contributed by atoms with Crippen molar-refractivity contribution in [2.45, 2.75) is 32.2 Å². The Balaban J connectivity index is 1.66. The number of rotatable bonds is 3. The normalized spacial score (nSPS) is 22.9. The van der Waals surface area contributed by atoms with Crippen LogP contribution in [0.3, 0.4) is 0 Å². The van der Waals surface area contributed by atoms with E-state index < -0.39 is 5.97 Å². The molecule has 0 aliphatic carbocycles. The van der Waals surface area contributed by atoms with Crippen LogP contribution in [0.2, 0.25) is 0 Å². The van der Waals surface area contributed by atoms with Crippen LogP contribution >= 0.6 is 0 Å². The molecule has 4 heteroatoms. The first kappa shape index (κ1) is 13.4. The SMILES string of the molecule is O=C(O)C1CCCN(Cc2ccc3c(c2)CCCO3)C1. The number of ether oxygens (including phenoxy) is 1. The second-order valence-electron chi connectivity index (χ2n) is 5.81. The Hall–Kier alpha value is -1.55. The molecule has 20 heavy (non-hydrogen) atoms. The number of piperidine rings is 1. The predicted molar refractivity (Wildman–Crippen MR) is 75.9 cm³/mol. The smallest absolute Gasteiger partial charge is 0.307 e. The molecule has 0 spiro atoms. The van der Waals surface area contributed by atoms with E-state index in [1.165, 1.54) is 11.1 Å². The molecule has 4 nitrogen and oxygen atoms in total. The van der Waals surface area contributed by atoms with Crippen LogP contribution in [0.1, 0.15) is 30.4 Å². The maximum Gasteiger partial charge on any atom is 0.307 e. The van der Waals surface area contributed by atoms with Crippen molar-refractivity contribution in [2.24, 2.45) is 5.92 Å². The van der Waals surface area contributed by atoms with Gasteiger partial charge in [0.15, 0.2) is 0 Å².